The van der Waals surface area contributed by atoms with Gasteiger partial charge in [-0.1, -0.05) is 24.3 Å². The number of aliphatic hydroxyl groups is 1. The lowest BCUT2D eigenvalue weighted by Gasteiger charge is -2.38. The van der Waals surface area contributed by atoms with Crippen molar-refractivity contribution in [3.8, 4) is 5.75 Å². The van der Waals surface area contributed by atoms with Crippen LogP contribution in [-0.4, -0.2) is 37.8 Å². The fourth-order valence-corrected chi connectivity index (χ4v) is 3.81. The molecule has 6 heteroatoms. The molecule has 160 valence electrons. The second-order valence-corrected chi connectivity index (χ2v) is 7.43. The van der Waals surface area contributed by atoms with E-state index in [2.05, 4.69) is 5.32 Å². The SMILES string of the molecule is CCOc1ccc(N2C(=O)c3ccccc3N[C@@H]2c2ccc(N(C)CCO)cc2)cc1. The molecule has 1 amide bonds. The van der Waals surface area contributed by atoms with Crippen LogP contribution in [0.1, 0.15) is 29.0 Å². The zero-order valence-corrected chi connectivity index (χ0v) is 17.8. The van der Waals surface area contributed by atoms with Gasteiger partial charge in [-0.2, -0.15) is 0 Å². The molecule has 1 heterocycles. The maximum Gasteiger partial charge on any atom is 0.262 e. The molecular formula is C25H27N3O3. The van der Waals surface area contributed by atoms with Gasteiger partial charge < -0.3 is 20.1 Å². The molecule has 31 heavy (non-hydrogen) atoms. The van der Waals surface area contributed by atoms with Crippen molar-refractivity contribution in [3.63, 3.8) is 0 Å². The van der Waals surface area contributed by atoms with E-state index in [1.54, 1.807) is 4.90 Å². The van der Waals surface area contributed by atoms with Crippen molar-refractivity contribution < 1.29 is 14.6 Å². The molecule has 3 aromatic rings. The van der Waals surface area contributed by atoms with E-state index in [4.69, 9.17) is 4.74 Å². The number of benzene rings is 3. The maximum atomic E-state index is 13.5. The van der Waals surface area contributed by atoms with Crippen LogP contribution in [0.3, 0.4) is 0 Å². The topological polar surface area (TPSA) is 65.0 Å². The van der Waals surface area contributed by atoms with Gasteiger partial charge >= 0.3 is 0 Å². The third-order valence-electron chi connectivity index (χ3n) is 5.44. The number of para-hydroxylation sites is 1. The van der Waals surface area contributed by atoms with Gasteiger partial charge in [0, 0.05) is 30.7 Å². The maximum absolute atomic E-state index is 13.5. The van der Waals surface area contributed by atoms with Crippen molar-refractivity contribution in [2.45, 2.75) is 13.1 Å². The summed E-state index contributed by atoms with van der Waals surface area (Å²) in [5.41, 5.74) is 4.24. The molecule has 3 aromatic carbocycles. The smallest absolute Gasteiger partial charge is 0.262 e. The van der Waals surface area contributed by atoms with Crippen molar-refractivity contribution in [1.29, 1.82) is 0 Å². The molecule has 0 saturated heterocycles. The van der Waals surface area contributed by atoms with E-state index in [0.717, 1.165) is 28.4 Å². The first-order valence-electron chi connectivity index (χ1n) is 10.5. The number of likely N-dealkylation sites (N-methyl/N-ethyl adjacent to an activating group) is 1. The van der Waals surface area contributed by atoms with E-state index in [9.17, 15) is 9.90 Å². The summed E-state index contributed by atoms with van der Waals surface area (Å²) in [4.78, 5) is 17.3. The molecule has 6 nitrogen and oxygen atoms in total. The molecule has 2 N–H and O–H groups in total. The molecule has 1 atom stereocenters. The fraction of sp³-hybridized carbons (Fsp3) is 0.240. The minimum absolute atomic E-state index is 0.0509. The van der Waals surface area contributed by atoms with Gasteiger partial charge in [-0.25, -0.2) is 0 Å². The highest BCUT2D eigenvalue weighted by atomic mass is 16.5. The van der Waals surface area contributed by atoms with Gasteiger partial charge in [-0.05, 0) is 61.0 Å². The van der Waals surface area contributed by atoms with Crippen LogP contribution in [0.2, 0.25) is 0 Å². The number of hydrogen-bond acceptors (Lipinski definition) is 5. The van der Waals surface area contributed by atoms with Gasteiger partial charge in [0.05, 0.1) is 18.8 Å². The van der Waals surface area contributed by atoms with Crippen LogP contribution in [0.4, 0.5) is 17.1 Å². The molecule has 0 spiro atoms. The summed E-state index contributed by atoms with van der Waals surface area (Å²) in [6.45, 7) is 3.20. The number of nitrogens with zero attached hydrogens (tertiary/aromatic N) is 2. The summed E-state index contributed by atoms with van der Waals surface area (Å²) in [6.07, 6.45) is -0.349. The predicted molar refractivity (Wildman–Crippen MR) is 124 cm³/mol. The van der Waals surface area contributed by atoms with Gasteiger partial charge in [-0.15, -0.1) is 0 Å². The van der Waals surface area contributed by atoms with Crippen molar-refractivity contribution in [1.82, 2.24) is 0 Å². The summed E-state index contributed by atoms with van der Waals surface area (Å²) < 4.78 is 5.56. The Balaban J connectivity index is 1.72. The Bertz CT molecular complexity index is 1030. The standard InChI is InChI=1S/C25H27N3O3/c1-3-31-21-14-12-20(13-15-21)28-24(26-23-7-5-4-6-22(23)25(28)30)18-8-10-19(11-9-18)27(2)16-17-29/h4-15,24,26,29H,3,16-17H2,1-2H3/t24-/m0/s1. The van der Waals surface area contributed by atoms with Crippen LogP contribution in [0.15, 0.2) is 72.8 Å². The zero-order chi connectivity index (χ0) is 21.8. The first kappa shape index (κ1) is 20.8. The highest BCUT2D eigenvalue weighted by Gasteiger charge is 2.34. The van der Waals surface area contributed by atoms with Gasteiger partial charge in [0.1, 0.15) is 11.9 Å². The number of anilines is 3. The quantitative estimate of drug-likeness (QED) is 0.601. The van der Waals surface area contributed by atoms with E-state index in [1.165, 1.54) is 0 Å². The zero-order valence-electron chi connectivity index (χ0n) is 17.8. The van der Waals surface area contributed by atoms with E-state index in [-0.39, 0.29) is 18.7 Å². The fourth-order valence-electron chi connectivity index (χ4n) is 3.81. The highest BCUT2D eigenvalue weighted by molar-refractivity contribution is 6.12. The lowest BCUT2D eigenvalue weighted by molar-refractivity contribution is 0.0975. The first-order valence-corrected chi connectivity index (χ1v) is 10.5. The molecule has 0 radical (unpaired) electrons. The average Bonchev–Trinajstić information content (AvgIpc) is 2.80. The Morgan fingerprint density at radius 1 is 1.03 bits per heavy atom. The van der Waals surface area contributed by atoms with Crippen molar-refractivity contribution in [2.24, 2.45) is 0 Å². The van der Waals surface area contributed by atoms with Gasteiger partial charge in [0.15, 0.2) is 0 Å². The summed E-state index contributed by atoms with van der Waals surface area (Å²) in [5.74, 6) is 0.724. The normalized spacial score (nSPS) is 15.3. The number of aliphatic hydroxyl groups excluding tert-OH is 1. The number of amides is 1. The highest BCUT2D eigenvalue weighted by Crippen LogP contribution is 2.37. The molecule has 1 aliphatic rings. The third kappa shape index (κ3) is 4.20. The number of ether oxygens (including phenoxy) is 1. The molecule has 1 aliphatic heterocycles. The van der Waals surface area contributed by atoms with Crippen molar-refractivity contribution >= 4 is 23.0 Å². The molecular weight excluding hydrogens is 390 g/mol. The van der Waals surface area contributed by atoms with E-state index in [1.807, 2.05) is 91.7 Å². The molecule has 0 unspecified atom stereocenters. The molecule has 0 bridgehead atoms. The lowest BCUT2D eigenvalue weighted by Crippen LogP contribution is -2.43. The van der Waals surface area contributed by atoms with Crippen LogP contribution in [0, 0.1) is 0 Å². The molecule has 4 rings (SSSR count). The number of carbonyl (C=O) groups excluding carboxylic acids is 1. The van der Waals surface area contributed by atoms with E-state index >= 15 is 0 Å². The minimum atomic E-state index is -0.349. The number of rotatable bonds is 7. The largest absolute Gasteiger partial charge is 0.494 e. The van der Waals surface area contributed by atoms with Crippen molar-refractivity contribution in [3.05, 3.63) is 83.9 Å². The second-order valence-electron chi connectivity index (χ2n) is 7.43. The molecule has 0 aliphatic carbocycles. The predicted octanol–water partition coefficient (Wildman–Crippen LogP) is 4.28. The Labute approximate surface area is 182 Å². The third-order valence-corrected chi connectivity index (χ3v) is 5.44. The number of hydrogen-bond donors (Lipinski definition) is 2. The molecule has 0 fully saturated rings. The average molecular weight is 418 g/mol. The number of nitrogens with one attached hydrogen (secondary N) is 1. The minimum Gasteiger partial charge on any atom is -0.494 e. The number of fused-ring (bicyclic) bond motifs is 1. The Kier molecular flexibility index (Phi) is 6.09. The van der Waals surface area contributed by atoms with E-state index < -0.39 is 0 Å². The van der Waals surface area contributed by atoms with Crippen LogP contribution >= 0.6 is 0 Å². The van der Waals surface area contributed by atoms with Crippen LogP contribution in [0.25, 0.3) is 0 Å². The second kappa shape index (κ2) is 9.10. The van der Waals surface area contributed by atoms with Gasteiger partial charge in [-0.3, -0.25) is 9.69 Å². The lowest BCUT2D eigenvalue weighted by atomic mass is 10.0. The van der Waals surface area contributed by atoms with Crippen molar-refractivity contribution in [2.75, 3.05) is 41.9 Å². The number of carbonyl (C=O) groups is 1. The Morgan fingerprint density at radius 3 is 2.42 bits per heavy atom. The van der Waals surface area contributed by atoms with Gasteiger partial charge in [0.2, 0.25) is 0 Å². The summed E-state index contributed by atoms with van der Waals surface area (Å²) in [7, 11) is 1.94. The van der Waals surface area contributed by atoms with Crippen LogP contribution in [0.5, 0.6) is 5.75 Å². The van der Waals surface area contributed by atoms with E-state index in [0.29, 0.717) is 18.7 Å². The monoisotopic (exact) mass is 417 g/mol. The van der Waals surface area contributed by atoms with Crippen LogP contribution in [-0.2, 0) is 0 Å². The molecule has 0 aromatic heterocycles. The first-order chi connectivity index (χ1) is 15.1. The summed E-state index contributed by atoms with van der Waals surface area (Å²) in [5, 5.41) is 12.7. The Morgan fingerprint density at radius 2 is 1.74 bits per heavy atom. The summed E-state index contributed by atoms with van der Waals surface area (Å²) in [6, 6.07) is 23.2. The van der Waals surface area contributed by atoms with Gasteiger partial charge in [0.25, 0.3) is 5.91 Å². The molecule has 0 saturated carbocycles. The Hall–Kier alpha value is -3.51. The van der Waals surface area contributed by atoms with Crippen LogP contribution < -0.4 is 19.9 Å². The summed E-state index contributed by atoms with van der Waals surface area (Å²) >= 11 is 0.